The van der Waals surface area contributed by atoms with E-state index in [1.807, 2.05) is 0 Å². The van der Waals surface area contributed by atoms with Gasteiger partial charge in [-0.1, -0.05) is 43.6 Å². The molecule has 0 atom stereocenters. The van der Waals surface area contributed by atoms with Gasteiger partial charge in [-0.15, -0.1) is 0 Å². The summed E-state index contributed by atoms with van der Waals surface area (Å²) in [7, 11) is 0. The summed E-state index contributed by atoms with van der Waals surface area (Å²) >= 11 is 0. The molecule has 0 aliphatic heterocycles. The van der Waals surface area contributed by atoms with Crippen molar-refractivity contribution in [3.8, 4) is 0 Å². The van der Waals surface area contributed by atoms with Gasteiger partial charge in [-0.05, 0) is 52.4 Å². The Bertz CT molecular complexity index is 202. The van der Waals surface area contributed by atoms with E-state index in [2.05, 4.69) is 46.8 Å². The van der Waals surface area contributed by atoms with E-state index in [1.54, 1.807) is 5.57 Å². The van der Waals surface area contributed by atoms with Crippen molar-refractivity contribution in [2.45, 2.75) is 66.7 Å². The van der Waals surface area contributed by atoms with Crippen LogP contribution < -0.4 is 0 Å². The highest BCUT2D eigenvalue weighted by Crippen LogP contribution is 2.11. The van der Waals surface area contributed by atoms with Gasteiger partial charge in [0.05, 0.1) is 0 Å². The Labute approximate surface area is 96.5 Å². The normalized spacial score (nSPS) is 12.0. The maximum Gasteiger partial charge on any atom is -0.0288 e. The second kappa shape index (κ2) is 8.76. The minimum Gasteiger partial charge on any atom is -0.0856 e. The summed E-state index contributed by atoms with van der Waals surface area (Å²) in [5.41, 5.74) is 2.99. The summed E-state index contributed by atoms with van der Waals surface area (Å²) in [5.74, 6) is 0.851. The fourth-order valence-corrected chi connectivity index (χ4v) is 1.57. The minimum atomic E-state index is 0.851. The predicted molar refractivity (Wildman–Crippen MR) is 71.1 cm³/mol. The molecule has 0 aliphatic rings. The summed E-state index contributed by atoms with van der Waals surface area (Å²) in [4.78, 5) is 0. The second-order valence-corrected chi connectivity index (χ2v) is 5.20. The Balaban J connectivity index is 3.57. The van der Waals surface area contributed by atoms with Crippen LogP contribution in [0.4, 0.5) is 0 Å². The molecule has 88 valence electrons. The number of unbranched alkanes of at least 4 members (excludes halogenated alkanes) is 1. The largest absolute Gasteiger partial charge is 0.0856 e. The van der Waals surface area contributed by atoms with Crippen LogP contribution in [0.1, 0.15) is 66.7 Å². The molecule has 0 aliphatic carbocycles. The van der Waals surface area contributed by atoms with Crippen molar-refractivity contribution in [1.82, 2.24) is 0 Å². The second-order valence-electron chi connectivity index (χ2n) is 5.20. The molecular weight excluding hydrogens is 180 g/mol. The first-order chi connectivity index (χ1) is 7.02. The van der Waals surface area contributed by atoms with Gasteiger partial charge in [0.2, 0.25) is 0 Å². The van der Waals surface area contributed by atoms with Crippen molar-refractivity contribution in [3.05, 3.63) is 23.3 Å². The molecule has 0 amide bonds. The topological polar surface area (TPSA) is 0 Å². The molecule has 0 unspecified atom stereocenters. The molecular formula is C15H28. The lowest BCUT2D eigenvalue weighted by atomic mass is 10.0. The quantitative estimate of drug-likeness (QED) is 0.382. The maximum absolute atomic E-state index is 2.42. The van der Waals surface area contributed by atoms with Crippen LogP contribution in [0.2, 0.25) is 0 Å². The van der Waals surface area contributed by atoms with E-state index in [0.29, 0.717) is 0 Å². The van der Waals surface area contributed by atoms with Gasteiger partial charge in [0, 0.05) is 0 Å². The fourth-order valence-electron chi connectivity index (χ4n) is 1.57. The lowest BCUT2D eigenvalue weighted by molar-refractivity contribution is 0.559. The molecule has 0 bridgehead atoms. The van der Waals surface area contributed by atoms with Gasteiger partial charge in [0.1, 0.15) is 0 Å². The van der Waals surface area contributed by atoms with Crippen LogP contribution in [0.25, 0.3) is 0 Å². The Hall–Kier alpha value is -0.520. The Kier molecular flexibility index (Phi) is 8.46. The monoisotopic (exact) mass is 208 g/mol. The van der Waals surface area contributed by atoms with Crippen molar-refractivity contribution in [2.75, 3.05) is 0 Å². The van der Waals surface area contributed by atoms with Crippen molar-refractivity contribution in [2.24, 2.45) is 5.92 Å². The first kappa shape index (κ1) is 14.5. The third-order valence-electron chi connectivity index (χ3n) is 2.57. The number of hydrogen-bond donors (Lipinski definition) is 0. The Morgan fingerprint density at radius 2 is 1.67 bits per heavy atom. The molecule has 0 heterocycles. The fraction of sp³-hybridized carbons (Fsp3) is 0.733. The highest BCUT2D eigenvalue weighted by atomic mass is 14.0. The summed E-state index contributed by atoms with van der Waals surface area (Å²) in [6.07, 6.45) is 11.1. The Morgan fingerprint density at radius 3 is 2.20 bits per heavy atom. The molecule has 0 fully saturated rings. The number of allylic oxidation sites excluding steroid dienone is 4. The average molecular weight is 208 g/mol. The molecule has 0 aromatic carbocycles. The van der Waals surface area contributed by atoms with Crippen molar-refractivity contribution in [3.63, 3.8) is 0 Å². The van der Waals surface area contributed by atoms with Crippen molar-refractivity contribution < 1.29 is 0 Å². The lowest BCUT2D eigenvalue weighted by Crippen LogP contribution is -1.86. The first-order valence-electron chi connectivity index (χ1n) is 6.31. The van der Waals surface area contributed by atoms with Gasteiger partial charge < -0.3 is 0 Å². The molecule has 0 aromatic rings. The van der Waals surface area contributed by atoms with Crippen LogP contribution in [-0.2, 0) is 0 Å². The zero-order chi connectivity index (χ0) is 11.7. The average Bonchev–Trinajstić information content (AvgIpc) is 2.11. The first-order valence-corrected chi connectivity index (χ1v) is 6.31. The van der Waals surface area contributed by atoms with Gasteiger partial charge in [0.25, 0.3) is 0 Å². The number of hydrogen-bond acceptors (Lipinski definition) is 0. The molecule has 15 heavy (non-hydrogen) atoms. The van der Waals surface area contributed by atoms with Gasteiger partial charge in [-0.3, -0.25) is 0 Å². The molecule has 0 saturated heterocycles. The predicted octanol–water partition coefficient (Wildman–Crippen LogP) is 5.51. The smallest absolute Gasteiger partial charge is 0.0288 e. The Morgan fingerprint density at radius 1 is 1.00 bits per heavy atom. The molecule has 0 saturated carbocycles. The van der Waals surface area contributed by atoms with E-state index >= 15 is 0 Å². The van der Waals surface area contributed by atoms with Crippen LogP contribution in [0.15, 0.2) is 23.3 Å². The summed E-state index contributed by atoms with van der Waals surface area (Å²) in [6, 6.07) is 0. The maximum atomic E-state index is 2.42. The van der Waals surface area contributed by atoms with Gasteiger partial charge in [0.15, 0.2) is 0 Å². The van der Waals surface area contributed by atoms with Crippen molar-refractivity contribution in [1.29, 1.82) is 0 Å². The van der Waals surface area contributed by atoms with Crippen LogP contribution in [0.3, 0.4) is 0 Å². The third kappa shape index (κ3) is 11.4. The van der Waals surface area contributed by atoms with E-state index in [-0.39, 0.29) is 0 Å². The zero-order valence-electron chi connectivity index (χ0n) is 11.3. The van der Waals surface area contributed by atoms with Gasteiger partial charge in [-0.2, -0.15) is 0 Å². The molecule has 0 N–H and O–H groups in total. The van der Waals surface area contributed by atoms with Gasteiger partial charge in [-0.25, -0.2) is 0 Å². The summed E-state index contributed by atoms with van der Waals surface area (Å²) < 4.78 is 0. The highest BCUT2D eigenvalue weighted by molar-refractivity contribution is 5.01. The SMILES string of the molecule is CC(C)=CCC/C(C)=C/CCCC(C)C. The van der Waals surface area contributed by atoms with E-state index in [4.69, 9.17) is 0 Å². The highest BCUT2D eigenvalue weighted by Gasteiger charge is 1.93. The van der Waals surface area contributed by atoms with Crippen LogP contribution in [-0.4, -0.2) is 0 Å². The molecule has 0 rings (SSSR count). The van der Waals surface area contributed by atoms with E-state index in [1.165, 1.54) is 37.7 Å². The van der Waals surface area contributed by atoms with E-state index in [0.717, 1.165) is 5.92 Å². The van der Waals surface area contributed by atoms with E-state index in [9.17, 15) is 0 Å². The molecule has 0 spiro atoms. The zero-order valence-corrected chi connectivity index (χ0v) is 11.3. The van der Waals surface area contributed by atoms with Crippen LogP contribution >= 0.6 is 0 Å². The minimum absolute atomic E-state index is 0.851. The molecule has 0 radical (unpaired) electrons. The summed E-state index contributed by atoms with van der Waals surface area (Å²) in [6.45, 7) is 11.2. The molecule has 0 aromatic heterocycles. The lowest BCUT2D eigenvalue weighted by Gasteiger charge is -2.02. The molecule has 0 heteroatoms. The summed E-state index contributed by atoms with van der Waals surface area (Å²) in [5, 5.41) is 0. The third-order valence-corrected chi connectivity index (χ3v) is 2.57. The van der Waals surface area contributed by atoms with Gasteiger partial charge >= 0.3 is 0 Å². The van der Waals surface area contributed by atoms with Crippen LogP contribution in [0.5, 0.6) is 0 Å². The molecule has 0 nitrogen and oxygen atoms in total. The van der Waals surface area contributed by atoms with Crippen LogP contribution in [0, 0.1) is 5.92 Å². The van der Waals surface area contributed by atoms with E-state index < -0.39 is 0 Å². The van der Waals surface area contributed by atoms with Crippen molar-refractivity contribution >= 4 is 0 Å². The standard InChI is InChI=1S/C15H28/c1-13(2)9-6-7-11-15(5)12-8-10-14(3)4/h10-11,13H,6-9,12H2,1-5H3/b15-11+. The number of rotatable bonds is 7.